The van der Waals surface area contributed by atoms with Gasteiger partial charge in [0.25, 0.3) is 0 Å². The first-order valence-corrected chi connectivity index (χ1v) is 3.53. The molecule has 0 heterocycles. The summed E-state index contributed by atoms with van der Waals surface area (Å²) in [5.74, 6) is 0. The van der Waals surface area contributed by atoms with Crippen LogP contribution in [0.5, 0.6) is 0 Å². The smallest absolute Gasteiger partial charge is 0.0273 e. The van der Waals surface area contributed by atoms with Gasteiger partial charge in [0.05, 0.1) is 0 Å². The van der Waals surface area contributed by atoms with Crippen molar-refractivity contribution in [3.8, 4) is 0 Å². The molecule has 0 aromatic heterocycles. The van der Waals surface area contributed by atoms with Crippen LogP contribution in [0.4, 0.5) is 0 Å². The summed E-state index contributed by atoms with van der Waals surface area (Å²) in [7, 11) is 0. The largest absolute Gasteiger partial charge is 1.00 e. The number of aryl methyl sites for hydroxylation is 2. The van der Waals surface area contributed by atoms with E-state index in [4.69, 9.17) is 0 Å². The Labute approximate surface area is 60.2 Å². The Balaban J connectivity index is 0.000000500. The molecule has 2 rings (SSSR count). The average molecular weight is 137 g/mol. The summed E-state index contributed by atoms with van der Waals surface area (Å²) in [6, 6.07) is 8.74. The summed E-state index contributed by atoms with van der Waals surface area (Å²) < 4.78 is 0. The van der Waals surface area contributed by atoms with E-state index in [-0.39, 0.29) is 4.70 Å². The molecule has 1 aliphatic rings. The number of hydrogen-bond acceptors (Lipinski definition) is 0. The van der Waals surface area contributed by atoms with Gasteiger partial charge >= 0.3 is 0 Å². The Kier molecular flexibility index (Phi) is 2.05. The first-order valence-electron chi connectivity index (χ1n) is 3.53. The fraction of sp³-hybridized carbons (Fsp3) is 0.333. The van der Waals surface area contributed by atoms with Gasteiger partial charge in [-0.05, 0) is 30.4 Å². The van der Waals surface area contributed by atoms with E-state index in [1.165, 1.54) is 19.3 Å². The van der Waals surface area contributed by atoms with Crippen molar-refractivity contribution in [2.24, 2.45) is 0 Å². The van der Waals surface area contributed by atoms with Crippen molar-refractivity contribution in [3.63, 3.8) is 0 Å². The van der Waals surface area contributed by atoms with Crippen LogP contribution in [0.25, 0.3) is 0 Å². The maximum atomic E-state index is 2.24. The maximum Gasteiger partial charge on any atom is -0.0273 e. The normalized spacial score (nSPS) is 14.0. The first kappa shape index (κ1) is 7.26. The highest BCUT2D eigenvalue weighted by Gasteiger charge is 2.07. The molecule has 0 aliphatic heterocycles. The van der Waals surface area contributed by atoms with Crippen LogP contribution in [0.1, 0.15) is 17.5 Å². The summed E-state index contributed by atoms with van der Waals surface area (Å²) in [4.78, 5) is 0. The third-order valence-corrected chi connectivity index (χ3v) is 2.01. The number of benzene rings is 1. The molecular formula is C9H10F-. The number of halogens is 1. The second-order valence-corrected chi connectivity index (χ2v) is 2.62. The predicted molar refractivity (Wildman–Crippen MR) is 38.5 cm³/mol. The van der Waals surface area contributed by atoms with Crippen LogP contribution in [-0.4, -0.2) is 0 Å². The van der Waals surface area contributed by atoms with Crippen LogP contribution in [-0.2, 0) is 12.8 Å². The lowest BCUT2D eigenvalue weighted by Gasteiger charge is -1.93. The molecule has 10 heavy (non-hydrogen) atoms. The number of rotatable bonds is 0. The second kappa shape index (κ2) is 2.82. The van der Waals surface area contributed by atoms with Crippen molar-refractivity contribution in [3.05, 3.63) is 35.4 Å². The minimum Gasteiger partial charge on any atom is -1.00 e. The van der Waals surface area contributed by atoms with Gasteiger partial charge in [-0.1, -0.05) is 24.3 Å². The van der Waals surface area contributed by atoms with E-state index in [0.29, 0.717) is 0 Å². The van der Waals surface area contributed by atoms with E-state index in [1.807, 2.05) is 0 Å². The molecule has 0 fully saturated rings. The zero-order valence-electron chi connectivity index (χ0n) is 5.81. The highest BCUT2D eigenvalue weighted by atomic mass is 19.0. The Morgan fingerprint density at radius 3 is 1.90 bits per heavy atom. The van der Waals surface area contributed by atoms with Gasteiger partial charge < -0.3 is 4.70 Å². The standard InChI is InChI=1S/C9H10.FH/c1-2-5-9-7-3-6-8(9)4-1;/h1-2,4-5H,3,6-7H2;1H/p-1. The number of fused-ring (bicyclic) bond motifs is 1. The summed E-state index contributed by atoms with van der Waals surface area (Å²) in [5, 5.41) is 0. The summed E-state index contributed by atoms with van der Waals surface area (Å²) in [5.41, 5.74) is 3.13. The molecule has 0 nitrogen and oxygen atoms in total. The zero-order chi connectivity index (χ0) is 6.10. The topological polar surface area (TPSA) is 0 Å². The van der Waals surface area contributed by atoms with Gasteiger partial charge in [-0.15, -0.1) is 0 Å². The molecular weight excluding hydrogens is 127 g/mol. The molecule has 1 heteroatoms. The lowest BCUT2D eigenvalue weighted by Crippen LogP contribution is -3.00. The van der Waals surface area contributed by atoms with Crippen LogP contribution in [0.3, 0.4) is 0 Å². The molecule has 0 saturated carbocycles. The van der Waals surface area contributed by atoms with E-state index in [2.05, 4.69) is 24.3 Å². The van der Waals surface area contributed by atoms with E-state index >= 15 is 0 Å². The first-order chi connectivity index (χ1) is 4.47. The minimum atomic E-state index is 0. The molecule has 1 aromatic carbocycles. The van der Waals surface area contributed by atoms with Crippen molar-refractivity contribution in [1.82, 2.24) is 0 Å². The molecule has 0 amide bonds. The van der Waals surface area contributed by atoms with Gasteiger partial charge in [-0.2, -0.15) is 0 Å². The summed E-state index contributed by atoms with van der Waals surface area (Å²) >= 11 is 0. The van der Waals surface area contributed by atoms with E-state index in [1.54, 1.807) is 11.1 Å². The molecule has 0 saturated heterocycles. The van der Waals surface area contributed by atoms with E-state index in [9.17, 15) is 0 Å². The van der Waals surface area contributed by atoms with Crippen LogP contribution < -0.4 is 4.70 Å². The van der Waals surface area contributed by atoms with Gasteiger partial charge in [0, 0.05) is 0 Å². The average Bonchev–Trinajstić information content (AvgIpc) is 2.33. The van der Waals surface area contributed by atoms with Crippen LogP contribution in [0.15, 0.2) is 24.3 Å². The molecule has 1 aliphatic carbocycles. The maximum absolute atomic E-state index is 2.24. The number of hydrogen-bond donors (Lipinski definition) is 0. The van der Waals surface area contributed by atoms with Gasteiger partial charge in [0.15, 0.2) is 0 Å². The quantitative estimate of drug-likeness (QED) is 0.438. The van der Waals surface area contributed by atoms with Gasteiger partial charge in [0.1, 0.15) is 0 Å². The van der Waals surface area contributed by atoms with Gasteiger partial charge in [-0.25, -0.2) is 0 Å². The Bertz CT molecular complexity index is 195. The molecule has 1 aromatic rings. The highest BCUT2D eigenvalue weighted by molar-refractivity contribution is 5.30. The lowest BCUT2D eigenvalue weighted by molar-refractivity contribution is -0.00000182. The van der Waals surface area contributed by atoms with Crippen molar-refractivity contribution < 1.29 is 4.70 Å². The molecule has 0 atom stereocenters. The lowest BCUT2D eigenvalue weighted by atomic mass is 10.1. The fourth-order valence-corrected chi connectivity index (χ4v) is 1.51. The molecule has 0 bridgehead atoms. The van der Waals surface area contributed by atoms with Crippen LogP contribution >= 0.6 is 0 Å². The van der Waals surface area contributed by atoms with E-state index in [0.717, 1.165) is 0 Å². The minimum absolute atomic E-state index is 0. The van der Waals surface area contributed by atoms with Crippen molar-refractivity contribution in [1.29, 1.82) is 0 Å². The zero-order valence-corrected chi connectivity index (χ0v) is 5.81. The fourth-order valence-electron chi connectivity index (χ4n) is 1.51. The summed E-state index contributed by atoms with van der Waals surface area (Å²) in [6.45, 7) is 0. The van der Waals surface area contributed by atoms with Crippen molar-refractivity contribution >= 4 is 0 Å². The van der Waals surface area contributed by atoms with Gasteiger partial charge in [0.2, 0.25) is 0 Å². The van der Waals surface area contributed by atoms with Gasteiger partial charge in [-0.3, -0.25) is 0 Å². The summed E-state index contributed by atoms with van der Waals surface area (Å²) in [6.07, 6.45) is 3.96. The molecule has 0 unspecified atom stereocenters. The predicted octanol–water partition coefficient (Wildman–Crippen LogP) is -0.821. The van der Waals surface area contributed by atoms with Crippen LogP contribution in [0, 0.1) is 0 Å². The Hall–Kier alpha value is -0.850. The Morgan fingerprint density at radius 2 is 1.40 bits per heavy atom. The van der Waals surface area contributed by atoms with Crippen molar-refractivity contribution in [2.75, 3.05) is 0 Å². The van der Waals surface area contributed by atoms with Crippen LogP contribution in [0.2, 0.25) is 0 Å². The SMILES string of the molecule is [F-].c1ccc2c(c1)CCC2. The molecule has 0 N–H and O–H groups in total. The molecule has 0 radical (unpaired) electrons. The monoisotopic (exact) mass is 137 g/mol. The van der Waals surface area contributed by atoms with E-state index < -0.39 is 0 Å². The second-order valence-electron chi connectivity index (χ2n) is 2.62. The molecule has 0 spiro atoms. The third kappa shape index (κ3) is 1.04. The third-order valence-electron chi connectivity index (χ3n) is 2.01. The van der Waals surface area contributed by atoms with Crippen molar-refractivity contribution in [2.45, 2.75) is 19.3 Å². The Morgan fingerprint density at radius 1 is 0.900 bits per heavy atom. The molecule has 54 valence electrons. The highest BCUT2D eigenvalue weighted by Crippen LogP contribution is 2.20.